The summed E-state index contributed by atoms with van der Waals surface area (Å²) in [6.07, 6.45) is 14.2. The van der Waals surface area contributed by atoms with Gasteiger partial charge in [-0.2, -0.15) is 0 Å². The molecule has 92 valence electrons. The van der Waals surface area contributed by atoms with Gasteiger partial charge >= 0.3 is 0 Å². The molecule has 0 spiro atoms. The second-order valence-corrected chi connectivity index (χ2v) is 5.03. The maximum Gasteiger partial charge on any atom is 0.146 e. The molecule has 0 unspecified atom stereocenters. The Morgan fingerprint density at radius 3 is 1.60 bits per heavy atom. The SMILES string of the molecule is CCCCCCC(CCCCCC)O[SiH3]. The van der Waals surface area contributed by atoms with Crippen LogP contribution in [-0.4, -0.2) is 16.6 Å². The quantitative estimate of drug-likeness (QED) is 0.389. The minimum absolute atomic E-state index is 0.588. The van der Waals surface area contributed by atoms with Crippen LogP contribution in [0.3, 0.4) is 0 Å². The molecule has 0 aliphatic heterocycles. The lowest BCUT2D eigenvalue weighted by atomic mass is 10.0. The smallest absolute Gasteiger partial charge is 0.146 e. The van der Waals surface area contributed by atoms with Crippen molar-refractivity contribution < 1.29 is 4.43 Å². The van der Waals surface area contributed by atoms with Crippen LogP contribution in [0, 0.1) is 0 Å². The first kappa shape index (κ1) is 15.2. The molecule has 0 heterocycles. The fourth-order valence-electron chi connectivity index (χ4n) is 1.98. The Bertz CT molecular complexity index is 105. The van der Waals surface area contributed by atoms with E-state index in [1.807, 2.05) is 0 Å². The van der Waals surface area contributed by atoms with Gasteiger partial charge in [-0.3, -0.25) is 0 Å². The summed E-state index contributed by atoms with van der Waals surface area (Å²) in [6.45, 7) is 4.54. The van der Waals surface area contributed by atoms with Crippen LogP contribution in [0.15, 0.2) is 0 Å². The standard InChI is InChI=1S/C13H30OSi/c1-3-5-7-9-11-13(14-15)12-10-8-6-4-2/h13H,3-12H2,1-2,15H3. The zero-order valence-electron chi connectivity index (χ0n) is 11.1. The Hall–Kier alpha value is 0.177. The van der Waals surface area contributed by atoms with E-state index in [0.29, 0.717) is 6.10 Å². The lowest BCUT2D eigenvalue weighted by molar-refractivity contribution is 0.189. The van der Waals surface area contributed by atoms with Gasteiger partial charge in [-0.15, -0.1) is 0 Å². The van der Waals surface area contributed by atoms with Gasteiger partial charge in [-0.05, 0) is 12.8 Å². The maximum absolute atomic E-state index is 5.65. The van der Waals surface area contributed by atoms with Gasteiger partial charge in [0.1, 0.15) is 10.5 Å². The Kier molecular flexibility index (Phi) is 12.4. The van der Waals surface area contributed by atoms with Gasteiger partial charge in [0.2, 0.25) is 0 Å². The predicted octanol–water partition coefficient (Wildman–Crippen LogP) is 3.59. The highest BCUT2D eigenvalue weighted by molar-refractivity contribution is 5.98. The molecule has 0 aromatic heterocycles. The molecule has 0 fully saturated rings. The van der Waals surface area contributed by atoms with Gasteiger partial charge in [-0.1, -0.05) is 65.2 Å². The average Bonchev–Trinajstić information content (AvgIpc) is 2.27. The molecule has 0 rings (SSSR count). The van der Waals surface area contributed by atoms with E-state index in [1.165, 1.54) is 64.2 Å². The molecule has 0 saturated carbocycles. The Morgan fingerprint density at radius 1 is 0.800 bits per heavy atom. The van der Waals surface area contributed by atoms with Crippen molar-refractivity contribution in [2.75, 3.05) is 0 Å². The van der Waals surface area contributed by atoms with Crippen LogP contribution in [0.1, 0.15) is 78.1 Å². The number of hydrogen-bond acceptors (Lipinski definition) is 1. The molecule has 0 atom stereocenters. The summed E-state index contributed by atoms with van der Waals surface area (Å²) in [5.41, 5.74) is 0. The second kappa shape index (κ2) is 12.2. The van der Waals surface area contributed by atoms with Crippen molar-refractivity contribution in [3.63, 3.8) is 0 Å². The van der Waals surface area contributed by atoms with Crippen molar-refractivity contribution in [3.8, 4) is 0 Å². The van der Waals surface area contributed by atoms with Gasteiger partial charge in [0.25, 0.3) is 0 Å². The zero-order chi connectivity index (χ0) is 11.4. The van der Waals surface area contributed by atoms with E-state index >= 15 is 0 Å². The summed E-state index contributed by atoms with van der Waals surface area (Å²) in [6, 6.07) is 0. The van der Waals surface area contributed by atoms with Crippen LogP contribution in [0.25, 0.3) is 0 Å². The van der Waals surface area contributed by atoms with Crippen molar-refractivity contribution in [1.29, 1.82) is 0 Å². The monoisotopic (exact) mass is 230 g/mol. The normalized spacial score (nSPS) is 11.4. The highest BCUT2D eigenvalue weighted by Gasteiger charge is 2.05. The molecule has 0 aromatic rings. The van der Waals surface area contributed by atoms with E-state index in [1.54, 1.807) is 0 Å². The highest BCUT2D eigenvalue weighted by atomic mass is 28.2. The molecule has 0 aliphatic rings. The van der Waals surface area contributed by atoms with Crippen LogP contribution >= 0.6 is 0 Å². The Morgan fingerprint density at radius 2 is 1.27 bits per heavy atom. The molecule has 0 aromatic carbocycles. The highest BCUT2D eigenvalue weighted by Crippen LogP contribution is 2.14. The molecule has 0 saturated heterocycles. The van der Waals surface area contributed by atoms with Gasteiger partial charge in [0.05, 0.1) is 0 Å². The van der Waals surface area contributed by atoms with Crippen LogP contribution in [0.5, 0.6) is 0 Å². The zero-order valence-corrected chi connectivity index (χ0v) is 13.1. The van der Waals surface area contributed by atoms with E-state index < -0.39 is 0 Å². The van der Waals surface area contributed by atoms with Crippen molar-refractivity contribution in [2.45, 2.75) is 84.2 Å². The lowest BCUT2D eigenvalue weighted by Gasteiger charge is -2.15. The molecular formula is C13H30OSi. The fraction of sp³-hybridized carbons (Fsp3) is 1.00. The van der Waals surface area contributed by atoms with E-state index in [4.69, 9.17) is 4.43 Å². The molecule has 15 heavy (non-hydrogen) atoms. The third kappa shape index (κ3) is 10.5. The number of hydrogen-bond donors (Lipinski definition) is 0. The number of unbranched alkanes of at least 4 members (excludes halogenated alkanes) is 6. The summed E-state index contributed by atoms with van der Waals surface area (Å²) in [5, 5.41) is 0. The third-order valence-corrected chi connectivity index (χ3v) is 3.76. The second-order valence-electron chi connectivity index (χ2n) is 4.56. The van der Waals surface area contributed by atoms with E-state index in [2.05, 4.69) is 13.8 Å². The minimum Gasteiger partial charge on any atom is -0.425 e. The molecular weight excluding hydrogens is 200 g/mol. The summed E-state index contributed by atoms with van der Waals surface area (Å²) < 4.78 is 5.65. The van der Waals surface area contributed by atoms with E-state index in [-0.39, 0.29) is 0 Å². The molecule has 2 heteroatoms. The molecule has 1 nitrogen and oxygen atoms in total. The minimum atomic E-state index is 0.588. The molecule has 0 N–H and O–H groups in total. The van der Waals surface area contributed by atoms with Gasteiger partial charge in [0, 0.05) is 6.10 Å². The van der Waals surface area contributed by atoms with Crippen LogP contribution in [-0.2, 0) is 4.43 Å². The molecule has 0 bridgehead atoms. The largest absolute Gasteiger partial charge is 0.425 e. The topological polar surface area (TPSA) is 9.23 Å². The lowest BCUT2D eigenvalue weighted by Crippen LogP contribution is -2.11. The summed E-state index contributed by atoms with van der Waals surface area (Å²) >= 11 is 0. The van der Waals surface area contributed by atoms with Gasteiger partial charge < -0.3 is 4.43 Å². The first-order valence-corrected chi connectivity index (χ1v) is 7.69. The van der Waals surface area contributed by atoms with E-state index in [9.17, 15) is 0 Å². The fourth-order valence-corrected chi connectivity index (χ4v) is 2.45. The van der Waals surface area contributed by atoms with E-state index in [0.717, 1.165) is 10.5 Å². The summed E-state index contributed by atoms with van der Waals surface area (Å²) in [5.74, 6) is 0. The average molecular weight is 230 g/mol. The number of rotatable bonds is 11. The van der Waals surface area contributed by atoms with Crippen LogP contribution in [0.4, 0.5) is 0 Å². The van der Waals surface area contributed by atoms with Crippen molar-refractivity contribution >= 4 is 10.5 Å². The predicted molar refractivity (Wildman–Crippen MR) is 72.3 cm³/mol. The molecule has 0 aliphatic carbocycles. The maximum atomic E-state index is 5.65. The Labute approximate surface area is 99.5 Å². The van der Waals surface area contributed by atoms with Crippen LogP contribution < -0.4 is 0 Å². The van der Waals surface area contributed by atoms with Crippen molar-refractivity contribution in [3.05, 3.63) is 0 Å². The summed E-state index contributed by atoms with van der Waals surface area (Å²) in [4.78, 5) is 0. The molecule has 0 radical (unpaired) electrons. The van der Waals surface area contributed by atoms with Crippen molar-refractivity contribution in [1.82, 2.24) is 0 Å². The first-order valence-electron chi connectivity index (χ1n) is 6.87. The third-order valence-electron chi connectivity index (χ3n) is 3.09. The van der Waals surface area contributed by atoms with Gasteiger partial charge in [-0.25, -0.2) is 0 Å². The first-order chi connectivity index (χ1) is 7.35. The Balaban J connectivity index is 3.29. The summed E-state index contributed by atoms with van der Waals surface area (Å²) in [7, 11) is 0.911. The van der Waals surface area contributed by atoms with Crippen molar-refractivity contribution in [2.24, 2.45) is 0 Å². The molecule has 0 amide bonds. The van der Waals surface area contributed by atoms with Crippen LogP contribution in [0.2, 0.25) is 0 Å². The van der Waals surface area contributed by atoms with Gasteiger partial charge in [0.15, 0.2) is 0 Å².